The van der Waals surface area contributed by atoms with Crippen molar-refractivity contribution in [3.8, 4) is 0 Å². The summed E-state index contributed by atoms with van der Waals surface area (Å²) in [5.74, 6) is -0.624. The Labute approximate surface area is 202 Å². The molecule has 0 bridgehead atoms. The summed E-state index contributed by atoms with van der Waals surface area (Å²) in [6.45, 7) is 5.37. The third kappa shape index (κ3) is 4.80. The van der Waals surface area contributed by atoms with Crippen molar-refractivity contribution in [2.24, 2.45) is 0 Å². The Kier molecular flexibility index (Phi) is 6.94. The topological polar surface area (TPSA) is 83.6 Å². The Morgan fingerprint density at radius 2 is 1.59 bits per heavy atom. The highest BCUT2D eigenvalue weighted by molar-refractivity contribution is 7.99. The maximum absolute atomic E-state index is 13.3. The highest BCUT2D eigenvalue weighted by Gasteiger charge is 2.42. The average Bonchev–Trinajstić information content (AvgIpc) is 2.99. The van der Waals surface area contributed by atoms with Crippen molar-refractivity contribution in [3.05, 3.63) is 75.9 Å². The molecule has 1 heterocycles. The molecule has 2 aromatic carbocycles. The van der Waals surface area contributed by atoms with E-state index in [0.29, 0.717) is 16.7 Å². The molecule has 7 heteroatoms. The summed E-state index contributed by atoms with van der Waals surface area (Å²) in [6.07, 6.45) is 6.74. The van der Waals surface area contributed by atoms with Crippen molar-refractivity contribution in [1.29, 1.82) is 0 Å². The number of hydrogen-bond donors (Lipinski definition) is 1. The van der Waals surface area contributed by atoms with Gasteiger partial charge >= 0.3 is 0 Å². The van der Waals surface area contributed by atoms with Gasteiger partial charge in [0.25, 0.3) is 21.8 Å². The van der Waals surface area contributed by atoms with Gasteiger partial charge in [-0.05, 0) is 68.0 Å². The molecule has 0 aromatic heterocycles. The number of nitrogens with zero attached hydrogens (tertiary/aromatic N) is 1. The third-order valence-corrected chi connectivity index (χ3v) is 8.87. The maximum atomic E-state index is 13.3. The number of amides is 2. The van der Waals surface area contributed by atoms with Gasteiger partial charge < -0.3 is 5.32 Å². The average molecular weight is 481 g/mol. The van der Waals surface area contributed by atoms with Gasteiger partial charge in [0.05, 0.1) is 6.54 Å². The van der Waals surface area contributed by atoms with E-state index >= 15 is 0 Å². The van der Waals surface area contributed by atoms with E-state index < -0.39 is 15.9 Å². The number of sulfonamides is 1. The highest BCUT2D eigenvalue weighted by atomic mass is 32.2. The lowest BCUT2D eigenvalue weighted by atomic mass is 10.0. The van der Waals surface area contributed by atoms with Crippen LogP contribution < -0.4 is 5.32 Å². The third-order valence-electron chi connectivity index (χ3n) is 6.94. The predicted octanol–water partition coefficient (Wildman–Crippen LogP) is 4.86. The van der Waals surface area contributed by atoms with E-state index in [0.717, 1.165) is 41.1 Å². The molecule has 1 aliphatic carbocycles. The quantitative estimate of drug-likeness (QED) is 0.620. The number of aryl methyl sites for hydroxylation is 2. The Bertz CT molecular complexity index is 1240. The van der Waals surface area contributed by atoms with E-state index in [1.807, 2.05) is 26.0 Å². The molecule has 180 valence electrons. The zero-order valence-corrected chi connectivity index (χ0v) is 20.9. The Morgan fingerprint density at radius 3 is 2.21 bits per heavy atom. The monoisotopic (exact) mass is 480 g/mol. The number of nitrogens with one attached hydrogen (secondary N) is 1. The van der Waals surface area contributed by atoms with Gasteiger partial charge in [-0.2, -0.15) is 0 Å². The molecule has 1 N–H and O–H groups in total. The lowest BCUT2D eigenvalue weighted by molar-refractivity contribution is -0.122. The van der Waals surface area contributed by atoms with Crippen molar-refractivity contribution < 1.29 is 18.0 Å². The van der Waals surface area contributed by atoms with Crippen LogP contribution in [0.2, 0.25) is 0 Å². The molecule has 2 amide bonds. The van der Waals surface area contributed by atoms with Gasteiger partial charge in [-0.1, -0.05) is 56.0 Å². The van der Waals surface area contributed by atoms with E-state index in [4.69, 9.17) is 0 Å². The molecule has 0 spiro atoms. The molecule has 34 heavy (non-hydrogen) atoms. The largest absolute Gasteiger partial charge is 0.349 e. The van der Waals surface area contributed by atoms with Crippen LogP contribution in [-0.4, -0.2) is 30.6 Å². The lowest BCUT2D eigenvalue weighted by Crippen LogP contribution is -2.34. The second kappa shape index (κ2) is 9.74. The van der Waals surface area contributed by atoms with Crippen LogP contribution in [-0.2, 0) is 21.4 Å². The first-order valence-electron chi connectivity index (χ1n) is 11.9. The van der Waals surface area contributed by atoms with Gasteiger partial charge in [0, 0.05) is 17.2 Å². The van der Waals surface area contributed by atoms with Crippen molar-refractivity contribution >= 4 is 26.7 Å². The molecule has 0 radical (unpaired) electrons. The zero-order valence-electron chi connectivity index (χ0n) is 20.1. The number of hydrogen-bond acceptors (Lipinski definition) is 4. The van der Waals surface area contributed by atoms with E-state index in [9.17, 15) is 18.0 Å². The second-order valence-corrected chi connectivity index (χ2v) is 11.2. The summed E-state index contributed by atoms with van der Waals surface area (Å²) in [5, 5.41) is 3.12. The van der Waals surface area contributed by atoms with Crippen LogP contribution in [0.5, 0.6) is 0 Å². The van der Waals surface area contributed by atoms with E-state index in [1.165, 1.54) is 12.8 Å². The van der Waals surface area contributed by atoms with Crippen LogP contribution in [0.25, 0.3) is 4.91 Å². The molecule has 0 saturated heterocycles. The smallest absolute Gasteiger partial charge is 0.268 e. The van der Waals surface area contributed by atoms with Crippen molar-refractivity contribution in [3.63, 3.8) is 0 Å². The minimum Gasteiger partial charge on any atom is -0.349 e. The first kappa shape index (κ1) is 24.2. The number of carbonyl (C=O) groups excluding carboxylic acids is 2. The van der Waals surface area contributed by atoms with Crippen molar-refractivity contribution in [1.82, 2.24) is 9.62 Å². The van der Waals surface area contributed by atoms with E-state index in [-0.39, 0.29) is 29.0 Å². The van der Waals surface area contributed by atoms with Gasteiger partial charge in [-0.25, -0.2) is 12.7 Å². The Hall–Kier alpha value is -2.93. The standard InChI is InChI=1S/C27H32N2O4S/c1-18-10-13-23(16-19(18)2)25-20(3)27(31)29(34(25,32)33)17-21-11-14-22(15-12-21)26(30)28-24-8-6-4-5-7-9-24/h10-16,24H,4-9,17H2,1-3H3,(H,28,30). The zero-order chi connectivity index (χ0) is 24.5. The van der Waals surface area contributed by atoms with E-state index in [2.05, 4.69) is 5.32 Å². The predicted molar refractivity (Wildman–Crippen MR) is 133 cm³/mol. The SMILES string of the molecule is CC1=C(c2ccc(C)c(C)c2)S(=O)(=O)N(Cc2ccc(C(=O)NC3CCCCCC3)cc2)C1=O. The number of benzene rings is 2. The number of rotatable bonds is 5. The fourth-order valence-electron chi connectivity index (χ4n) is 4.72. The normalized spacial score (nSPS) is 18.8. The first-order valence-corrected chi connectivity index (χ1v) is 13.4. The van der Waals surface area contributed by atoms with Crippen LogP contribution in [0.3, 0.4) is 0 Å². The molecule has 6 nitrogen and oxygen atoms in total. The van der Waals surface area contributed by atoms with Gasteiger partial charge in [0.2, 0.25) is 0 Å². The molecule has 1 fully saturated rings. The number of carbonyl (C=O) groups is 2. The fraction of sp³-hybridized carbons (Fsp3) is 0.407. The molecule has 2 aliphatic rings. The summed E-state index contributed by atoms with van der Waals surface area (Å²) in [6, 6.07) is 12.5. The van der Waals surface area contributed by atoms with Crippen LogP contribution in [0.1, 0.15) is 78.1 Å². The fourth-order valence-corrected chi connectivity index (χ4v) is 6.52. The van der Waals surface area contributed by atoms with Gasteiger partial charge in [0.1, 0.15) is 4.91 Å². The van der Waals surface area contributed by atoms with Gasteiger partial charge in [0.15, 0.2) is 0 Å². The van der Waals surface area contributed by atoms with Crippen LogP contribution >= 0.6 is 0 Å². The molecule has 1 saturated carbocycles. The highest BCUT2D eigenvalue weighted by Crippen LogP contribution is 2.37. The van der Waals surface area contributed by atoms with Gasteiger partial charge in [-0.15, -0.1) is 0 Å². The van der Waals surface area contributed by atoms with Crippen molar-refractivity contribution in [2.75, 3.05) is 0 Å². The summed E-state index contributed by atoms with van der Waals surface area (Å²) in [7, 11) is -3.97. The Morgan fingerprint density at radius 1 is 0.941 bits per heavy atom. The van der Waals surface area contributed by atoms with Crippen LogP contribution in [0, 0.1) is 13.8 Å². The summed E-state index contributed by atoms with van der Waals surface area (Å²) in [4.78, 5) is 25.6. The molecular weight excluding hydrogens is 448 g/mol. The Balaban J connectivity index is 1.49. The molecule has 1 aliphatic heterocycles. The van der Waals surface area contributed by atoms with E-state index in [1.54, 1.807) is 37.3 Å². The minimum atomic E-state index is -3.97. The molecule has 0 unspecified atom stereocenters. The van der Waals surface area contributed by atoms with Crippen LogP contribution in [0.15, 0.2) is 48.0 Å². The maximum Gasteiger partial charge on any atom is 0.268 e. The lowest BCUT2D eigenvalue weighted by Gasteiger charge is -2.18. The van der Waals surface area contributed by atoms with Gasteiger partial charge in [-0.3, -0.25) is 9.59 Å². The minimum absolute atomic E-state index is 0.0694. The second-order valence-electron chi connectivity index (χ2n) is 9.43. The van der Waals surface area contributed by atoms with Crippen molar-refractivity contribution in [2.45, 2.75) is 71.9 Å². The summed E-state index contributed by atoms with van der Waals surface area (Å²) in [5.41, 5.74) is 3.97. The molecular formula is C27H32N2O4S. The molecule has 0 atom stereocenters. The van der Waals surface area contributed by atoms with Crippen LogP contribution in [0.4, 0.5) is 0 Å². The summed E-state index contributed by atoms with van der Waals surface area (Å²) >= 11 is 0. The molecule has 4 rings (SSSR count). The molecule has 2 aromatic rings. The first-order chi connectivity index (χ1) is 16.2. The summed E-state index contributed by atoms with van der Waals surface area (Å²) < 4.78 is 27.6.